The maximum atomic E-state index is 12.3. The number of halogens is 1. The fraction of sp³-hybridized carbons (Fsp3) is 0.625. The molecule has 4 saturated carbocycles. The topological polar surface area (TPSA) is 59.8 Å². The Morgan fingerprint density at radius 2 is 1.77 bits per heavy atom. The number of rotatable bonds is 8. The fourth-order valence-electron chi connectivity index (χ4n) is 6.70. The van der Waals surface area contributed by atoms with E-state index >= 15 is 0 Å². The van der Waals surface area contributed by atoms with Crippen LogP contribution >= 0.6 is 23.4 Å². The molecule has 1 heterocycles. The highest BCUT2D eigenvalue weighted by Crippen LogP contribution is 2.61. The molecular formula is C24H31ClN4OS. The van der Waals surface area contributed by atoms with Crippen molar-refractivity contribution in [2.24, 2.45) is 23.2 Å². The molecule has 6 rings (SSSR count). The molecule has 31 heavy (non-hydrogen) atoms. The minimum Gasteiger partial charge on any atom is -0.351 e. The van der Waals surface area contributed by atoms with Crippen LogP contribution in [0.15, 0.2) is 29.4 Å². The first-order valence-electron chi connectivity index (χ1n) is 11.6. The van der Waals surface area contributed by atoms with E-state index in [2.05, 4.69) is 27.0 Å². The highest BCUT2D eigenvalue weighted by molar-refractivity contribution is 7.99. The molecule has 1 N–H and O–H groups in total. The van der Waals surface area contributed by atoms with E-state index in [9.17, 15) is 4.79 Å². The zero-order valence-electron chi connectivity index (χ0n) is 18.1. The largest absolute Gasteiger partial charge is 0.351 e. The van der Waals surface area contributed by atoms with Gasteiger partial charge in [-0.2, -0.15) is 0 Å². The van der Waals surface area contributed by atoms with Crippen LogP contribution in [0.4, 0.5) is 0 Å². The number of carbonyl (C=O) groups excluding carboxylic acids is 1. The number of nitrogens with one attached hydrogen (secondary N) is 1. The van der Waals surface area contributed by atoms with Gasteiger partial charge in [0.2, 0.25) is 5.91 Å². The van der Waals surface area contributed by atoms with Crippen LogP contribution in [0.25, 0.3) is 0 Å². The van der Waals surface area contributed by atoms with Gasteiger partial charge in [-0.15, -0.1) is 10.2 Å². The fourth-order valence-corrected chi connectivity index (χ4v) is 7.68. The Kier molecular flexibility index (Phi) is 6.04. The van der Waals surface area contributed by atoms with E-state index in [0.29, 0.717) is 22.7 Å². The number of thioether (sulfide) groups is 1. The Balaban J connectivity index is 1.18. The number of amides is 1. The maximum Gasteiger partial charge on any atom is 0.230 e. The summed E-state index contributed by atoms with van der Waals surface area (Å²) in [7, 11) is 0. The van der Waals surface area contributed by atoms with Crippen LogP contribution in [0.1, 0.15) is 56.8 Å². The van der Waals surface area contributed by atoms with E-state index in [-0.39, 0.29) is 5.91 Å². The van der Waals surface area contributed by atoms with Crippen LogP contribution in [0.5, 0.6) is 0 Å². The summed E-state index contributed by atoms with van der Waals surface area (Å²) in [4.78, 5) is 12.3. The van der Waals surface area contributed by atoms with Gasteiger partial charge >= 0.3 is 0 Å². The van der Waals surface area contributed by atoms with Gasteiger partial charge in [0, 0.05) is 24.5 Å². The van der Waals surface area contributed by atoms with E-state index in [1.807, 2.05) is 24.3 Å². The second-order valence-electron chi connectivity index (χ2n) is 9.93. The molecule has 4 aliphatic carbocycles. The normalized spacial score (nSPS) is 28.8. The van der Waals surface area contributed by atoms with Crippen molar-refractivity contribution in [1.29, 1.82) is 0 Å². The van der Waals surface area contributed by atoms with Crippen molar-refractivity contribution in [3.05, 3.63) is 40.7 Å². The minimum absolute atomic E-state index is 0.00763. The van der Waals surface area contributed by atoms with Crippen LogP contribution in [-0.4, -0.2) is 26.4 Å². The third-order valence-corrected chi connectivity index (χ3v) is 8.76. The van der Waals surface area contributed by atoms with Crippen molar-refractivity contribution >= 4 is 29.3 Å². The molecule has 0 radical (unpaired) electrons. The molecule has 1 amide bonds. The second kappa shape index (κ2) is 8.78. The lowest BCUT2D eigenvalue weighted by molar-refractivity contribution is -0.118. The van der Waals surface area contributed by atoms with Gasteiger partial charge in [0.25, 0.3) is 0 Å². The van der Waals surface area contributed by atoms with Gasteiger partial charge in [0.05, 0.1) is 5.75 Å². The lowest BCUT2D eigenvalue weighted by atomic mass is 9.49. The quantitative estimate of drug-likeness (QED) is 0.558. The van der Waals surface area contributed by atoms with Gasteiger partial charge < -0.3 is 9.88 Å². The molecule has 4 aliphatic rings. The summed E-state index contributed by atoms with van der Waals surface area (Å²) >= 11 is 7.40. The molecule has 166 valence electrons. The molecule has 5 nitrogen and oxygen atoms in total. The van der Waals surface area contributed by atoms with Crippen molar-refractivity contribution in [3.63, 3.8) is 0 Å². The van der Waals surface area contributed by atoms with E-state index < -0.39 is 0 Å². The predicted octanol–water partition coefficient (Wildman–Crippen LogP) is 5.12. The third kappa shape index (κ3) is 4.65. The third-order valence-electron chi connectivity index (χ3n) is 7.54. The first-order valence-corrected chi connectivity index (χ1v) is 12.9. The molecule has 0 spiro atoms. The summed E-state index contributed by atoms with van der Waals surface area (Å²) in [5.74, 6) is 4.32. The standard InChI is InChI=1S/C24H31ClN4OS/c1-2-29-21(13-24-10-17-7-18(11-24)9-19(8-17)12-24)27-28-23(29)31-15-22(30)26-14-16-3-5-20(25)6-4-16/h3-6,17-19H,2,7-15H2,1H3,(H,26,30). The van der Waals surface area contributed by atoms with Gasteiger partial charge in [-0.25, -0.2) is 0 Å². The Bertz CT molecular complexity index is 906. The molecule has 1 aromatic heterocycles. The van der Waals surface area contributed by atoms with Gasteiger partial charge in [0.1, 0.15) is 5.82 Å². The predicted molar refractivity (Wildman–Crippen MR) is 124 cm³/mol. The van der Waals surface area contributed by atoms with E-state index in [1.54, 1.807) is 0 Å². The molecule has 0 unspecified atom stereocenters. The lowest BCUT2D eigenvalue weighted by Gasteiger charge is -2.56. The summed E-state index contributed by atoms with van der Waals surface area (Å²) in [6, 6.07) is 7.54. The summed E-state index contributed by atoms with van der Waals surface area (Å²) in [6.45, 7) is 3.51. The average Bonchev–Trinajstić information content (AvgIpc) is 3.11. The summed E-state index contributed by atoms with van der Waals surface area (Å²) < 4.78 is 2.23. The first-order chi connectivity index (χ1) is 15.0. The Labute approximate surface area is 193 Å². The van der Waals surface area contributed by atoms with Crippen LogP contribution < -0.4 is 5.32 Å². The minimum atomic E-state index is 0.00763. The van der Waals surface area contributed by atoms with Crippen LogP contribution in [0.2, 0.25) is 5.02 Å². The van der Waals surface area contributed by atoms with Crippen molar-refractivity contribution in [2.45, 2.75) is 70.1 Å². The van der Waals surface area contributed by atoms with Crippen molar-refractivity contribution < 1.29 is 4.79 Å². The monoisotopic (exact) mass is 458 g/mol. The average molecular weight is 459 g/mol. The van der Waals surface area contributed by atoms with Crippen LogP contribution in [-0.2, 0) is 24.3 Å². The molecule has 1 aromatic carbocycles. The van der Waals surface area contributed by atoms with Gasteiger partial charge in [-0.3, -0.25) is 4.79 Å². The highest BCUT2D eigenvalue weighted by Gasteiger charge is 2.51. The molecule has 7 heteroatoms. The van der Waals surface area contributed by atoms with Crippen LogP contribution in [0.3, 0.4) is 0 Å². The van der Waals surface area contributed by atoms with Gasteiger partial charge in [-0.1, -0.05) is 35.5 Å². The molecule has 0 atom stereocenters. The van der Waals surface area contributed by atoms with Crippen molar-refractivity contribution in [3.8, 4) is 0 Å². The Hall–Kier alpha value is -1.53. The zero-order chi connectivity index (χ0) is 21.4. The number of nitrogens with zero attached hydrogens (tertiary/aromatic N) is 3. The molecule has 4 bridgehead atoms. The maximum absolute atomic E-state index is 12.3. The number of carbonyl (C=O) groups is 1. The Morgan fingerprint density at radius 3 is 2.39 bits per heavy atom. The van der Waals surface area contributed by atoms with E-state index in [1.165, 1.54) is 50.3 Å². The smallest absolute Gasteiger partial charge is 0.230 e. The molecule has 0 aliphatic heterocycles. The molecule has 0 saturated heterocycles. The van der Waals surface area contributed by atoms with Crippen LogP contribution in [0, 0.1) is 23.2 Å². The van der Waals surface area contributed by atoms with Gasteiger partial charge in [-0.05, 0) is 86.3 Å². The molecule has 4 fully saturated rings. The highest BCUT2D eigenvalue weighted by atomic mass is 35.5. The van der Waals surface area contributed by atoms with E-state index in [0.717, 1.165) is 47.3 Å². The van der Waals surface area contributed by atoms with Gasteiger partial charge in [0.15, 0.2) is 5.16 Å². The lowest BCUT2D eigenvalue weighted by Crippen LogP contribution is -2.47. The van der Waals surface area contributed by atoms with E-state index in [4.69, 9.17) is 11.6 Å². The number of benzene rings is 1. The molecular weight excluding hydrogens is 428 g/mol. The summed E-state index contributed by atoms with van der Waals surface area (Å²) in [5, 5.41) is 13.6. The SMILES string of the molecule is CCn1c(CC23CC4CC(CC(C4)C2)C3)nnc1SCC(=O)NCc1ccc(Cl)cc1. The second-order valence-corrected chi connectivity index (χ2v) is 11.3. The zero-order valence-corrected chi connectivity index (χ0v) is 19.7. The summed E-state index contributed by atoms with van der Waals surface area (Å²) in [6.07, 6.45) is 9.59. The molecule has 2 aromatic rings. The number of hydrogen-bond acceptors (Lipinski definition) is 4. The first kappa shape index (κ1) is 21.3. The number of aromatic nitrogens is 3. The van der Waals surface area contributed by atoms with Crippen molar-refractivity contribution in [1.82, 2.24) is 20.1 Å². The summed E-state index contributed by atoms with van der Waals surface area (Å²) in [5.41, 5.74) is 1.49. The van der Waals surface area contributed by atoms with Crippen molar-refractivity contribution in [2.75, 3.05) is 5.75 Å². The Morgan fingerprint density at radius 1 is 1.13 bits per heavy atom. The number of hydrogen-bond donors (Lipinski definition) is 1.